The van der Waals surface area contributed by atoms with Gasteiger partial charge >= 0.3 is 0 Å². The highest BCUT2D eigenvalue weighted by atomic mass is 32.2. The van der Waals surface area contributed by atoms with Gasteiger partial charge in [0.15, 0.2) is 0 Å². The summed E-state index contributed by atoms with van der Waals surface area (Å²) in [4.78, 5) is 15.6. The highest BCUT2D eigenvalue weighted by Crippen LogP contribution is 2.40. The number of rotatable bonds is 8. The van der Waals surface area contributed by atoms with Crippen molar-refractivity contribution in [3.05, 3.63) is 65.2 Å². The molecule has 1 aromatic heterocycles. The minimum Gasteiger partial charge on any atom is -0.543 e. The molecule has 2 aliphatic heterocycles. The molecule has 9 nitrogen and oxygen atoms in total. The number of nitrogens with one attached hydrogen (secondary N) is 1. The number of carbonyl (C=O) groups is 1. The summed E-state index contributed by atoms with van der Waals surface area (Å²) in [5.74, 6) is 0.138. The Morgan fingerprint density at radius 3 is 2.59 bits per heavy atom. The number of nitrogens with zero attached hydrogens (tertiary/aromatic N) is 3. The minimum absolute atomic E-state index is 0.0558. The van der Waals surface area contributed by atoms with Gasteiger partial charge in [-0.25, -0.2) is 8.42 Å². The van der Waals surface area contributed by atoms with Crippen LogP contribution in [0.1, 0.15) is 43.7 Å². The Morgan fingerprint density at radius 2 is 1.95 bits per heavy atom. The second-order valence-corrected chi connectivity index (χ2v) is 18.9. The molecule has 2 aliphatic rings. The van der Waals surface area contributed by atoms with Gasteiger partial charge in [0.25, 0.3) is 10.0 Å². The second-order valence-electron chi connectivity index (χ2n) is 11.1. The van der Waals surface area contributed by atoms with E-state index in [1.807, 2.05) is 18.2 Å². The van der Waals surface area contributed by atoms with Crippen molar-refractivity contribution < 1.29 is 22.8 Å². The van der Waals surface area contributed by atoms with Crippen LogP contribution in [0.5, 0.6) is 5.75 Å². The molecule has 0 bridgehead atoms. The predicted molar refractivity (Wildman–Crippen MR) is 153 cm³/mol. The van der Waals surface area contributed by atoms with E-state index < -0.39 is 36.3 Å². The van der Waals surface area contributed by atoms with Crippen LogP contribution >= 0.6 is 11.3 Å². The van der Waals surface area contributed by atoms with E-state index in [9.17, 15) is 23.7 Å². The fourth-order valence-electron chi connectivity index (χ4n) is 4.14. The first-order valence-corrected chi connectivity index (χ1v) is 17.9. The molecule has 0 aliphatic carbocycles. The molecule has 3 heterocycles. The lowest BCUT2D eigenvalue weighted by atomic mass is 10.1. The second kappa shape index (κ2) is 10.9. The van der Waals surface area contributed by atoms with Crippen LogP contribution in [-0.2, 0) is 14.8 Å². The molecule has 0 radical (unpaired) electrons. The van der Waals surface area contributed by atoms with E-state index in [0.717, 1.165) is 26.9 Å². The molecule has 0 spiro atoms. The average Bonchev–Trinajstić information content (AvgIpc) is 3.49. The van der Waals surface area contributed by atoms with Crippen LogP contribution in [0.3, 0.4) is 0 Å². The van der Waals surface area contributed by atoms with Gasteiger partial charge in [0.05, 0.1) is 12.6 Å². The fraction of sp³-hybridized carbons (Fsp3) is 0.407. The molecule has 1 unspecified atom stereocenters. The van der Waals surface area contributed by atoms with Gasteiger partial charge < -0.3 is 9.33 Å². The Hall–Kier alpha value is -2.95. The van der Waals surface area contributed by atoms with Crippen LogP contribution in [0.25, 0.3) is 5.57 Å². The average molecular weight is 587 g/mol. The molecule has 4 rings (SSSR count). The van der Waals surface area contributed by atoms with E-state index in [2.05, 4.69) is 44.7 Å². The van der Waals surface area contributed by atoms with Gasteiger partial charge in [0.1, 0.15) is 22.0 Å². The number of hydrogen-bond acceptors (Lipinski definition) is 8. The summed E-state index contributed by atoms with van der Waals surface area (Å²) in [6, 6.07) is 10.8. The smallest absolute Gasteiger partial charge is 0.250 e. The monoisotopic (exact) mass is 586 g/mol. The van der Waals surface area contributed by atoms with Crippen molar-refractivity contribution in [2.75, 3.05) is 13.1 Å². The highest BCUT2D eigenvalue weighted by molar-refractivity contribution is 7.91. The van der Waals surface area contributed by atoms with Crippen molar-refractivity contribution in [1.29, 1.82) is 5.26 Å². The molecule has 39 heavy (non-hydrogen) atoms. The zero-order valence-corrected chi connectivity index (χ0v) is 25.3. The predicted octanol–water partition coefficient (Wildman–Crippen LogP) is 4.88. The lowest BCUT2D eigenvalue weighted by Crippen LogP contribution is -2.44. The van der Waals surface area contributed by atoms with E-state index in [0.29, 0.717) is 17.9 Å². The summed E-state index contributed by atoms with van der Waals surface area (Å²) in [7, 11) is -6.18. The van der Waals surface area contributed by atoms with Gasteiger partial charge in [0, 0.05) is 23.2 Å². The van der Waals surface area contributed by atoms with Gasteiger partial charge in [0.2, 0.25) is 14.2 Å². The maximum Gasteiger partial charge on any atom is 0.250 e. The van der Waals surface area contributed by atoms with Crippen LogP contribution in [0, 0.1) is 11.3 Å². The molecule has 1 aromatic carbocycles. The van der Waals surface area contributed by atoms with Crippen molar-refractivity contribution in [2.24, 2.45) is 0 Å². The number of likely N-dealkylation sites (tertiary alicyclic amines) is 1. The third-order valence-corrected chi connectivity index (χ3v) is 14.9. The van der Waals surface area contributed by atoms with Crippen molar-refractivity contribution in [3.63, 3.8) is 0 Å². The van der Waals surface area contributed by atoms with Crippen molar-refractivity contribution in [3.8, 4) is 11.8 Å². The Labute approximate surface area is 235 Å². The summed E-state index contributed by atoms with van der Waals surface area (Å²) < 4.78 is 35.5. The first-order chi connectivity index (χ1) is 18.2. The largest absolute Gasteiger partial charge is 0.543 e. The maximum absolute atomic E-state index is 13.4. The molecule has 2 aromatic rings. The number of benzene rings is 1. The van der Waals surface area contributed by atoms with Crippen LogP contribution in [0.2, 0.25) is 18.1 Å². The van der Waals surface area contributed by atoms with Crippen molar-refractivity contribution in [1.82, 2.24) is 14.7 Å². The van der Waals surface area contributed by atoms with Gasteiger partial charge in [-0.2, -0.15) is 9.98 Å². The molecule has 1 fully saturated rings. The van der Waals surface area contributed by atoms with Crippen LogP contribution in [0.4, 0.5) is 0 Å². The molecular weight excluding hydrogens is 553 g/mol. The molecule has 0 saturated carbocycles. The first-order valence-electron chi connectivity index (χ1n) is 12.7. The molecule has 2 N–H and O–H groups in total. The number of carbonyl (C=O) groups excluding carboxylic acids is 1. The number of para-hydroxylation sites is 1. The lowest BCUT2D eigenvalue weighted by molar-refractivity contribution is -0.130. The molecule has 2 atom stereocenters. The zero-order valence-electron chi connectivity index (χ0n) is 22.7. The quantitative estimate of drug-likeness (QED) is 0.423. The third-order valence-electron chi connectivity index (χ3n) is 7.41. The van der Waals surface area contributed by atoms with E-state index in [-0.39, 0.29) is 22.2 Å². The van der Waals surface area contributed by atoms with Gasteiger partial charge in [-0.15, -0.1) is 11.3 Å². The van der Waals surface area contributed by atoms with Crippen LogP contribution in [0.15, 0.2) is 59.0 Å². The first kappa shape index (κ1) is 29.0. The highest BCUT2D eigenvalue weighted by Gasteiger charge is 2.42. The van der Waals surface area contributed by atoms with E-state index in [4.69, 9.17) is 4.43 Å². The summed E-state index contributed by atoms with van der Waals surface area (Å²) in [5.41, 5.74) is 1.41. The SMILES string of the molecule is CC(C)(C)[Si](C)(C)Oc1ccccc1C(C#N)N1CC[C@H](NS(=O)(=O)c2ccc(C3=CCN(O)C=C3)s2)C1=O. The van der Waals surface area contributed by atoms with Crippen molar-refractivity contribution in [2.45, 2.75) is 61.6 Å². The molecule has 208 valence electrons. The summed E-state index contributed by atoms with van der Waals surface area (Å²) in [5, 5.41) is 20.6. The Bertz CT molecular complexity index is 1450. The summed E-state index contributed by atoms with van der Waals surface area (Å²) >= 11 is 1.09. The van der Waals surface area contributed by atoms with Crippen LogP contribution < -0.4 is 9.15 Å². The Morgan fingerprint density at radius 1 is 1.23 bits per heavy atom. The molecule has 1 saturated heterocycles. The van der Waals surface area contributed by atoms with E-state index >= 15 is 0 Å². The Kier molecular flexibility index (Phi) is 8.12. The molecular formula is C27H34N4O5S2Si. The summed E-state index contributed by atoms with van der Waals surface area (Å²) in [6.07, 6.45) is 5.25. The van der Waals surface area contributed by atoms with E-state index in [1.165, 1.54) is 17.2 Å². The third kappa shape index (κ3) is 6.13. The summed E-state index contributed by atoms with van der Waals surface area (Å²) in [6.45, 7) is 11.2. The van der Waals surface area contributed by atoms with Gasteiger partial charge in [-0.3, -0.25) is 15.1 Å². The lowest BCUT2D eigenvalue weighted by Gasteiger charge is -2.37. The number of allylic oxidation sites excluding steroid dienone is 2. The van der Waals surface area contributed by atoms with Crippen LogP contribution in [-0.4, -0.2) is 56.9 Å². The minimum atomic E-state index is -3.97. The number of hydrogen-bond donors (Lipinski definition) is 2. The van der Waals surface area contributed by atoms with Gasteiger partial charge in [-0.05, 0) is 54.4 Å². The number of thiophene rings is 1. The van der Waals surface area contributed by atoms with Crippen molar-refractivity contribution >= 4 is 41.2 Å². The van der Waals surface area contributed by atoms with E-state index in [1.54, 1.807) is 24.3 Å². The number of hydroxylamine groups is 2. The number of nitriles is 1. The normalized spacial score (nSPS) is 19.2. The molecule has 12 heteroatoms. The Balaban J connectivity index is 1.51. The fourth-order valence-corrected chi connectivity index (χ4v) is 7.75. The maximum atomic E-state index is 13.4. The number of sulfonamides is 1. The number of amides is 1. The zero-order chi connectivity index (χ0) is 28.6. The topological polar surface area (TPSA) is 123 Å². The standard InChI is InChI=1S/C27H34N4O5S2Si/c1-27(2,3)39(4,5)36-23-9-7-6-8-20(23)22(18-28)31-17-14-21(26(31)32)29-38(34,35)25-11-10-24(37-25)19-12-15-30(33)16-13-19/h6-13,15,21-22,29,33H,14,16-17H2,1-5H3/t21-,22?/m0/s1. The molecule has 1 amide bonds. The van der Waals surface area contributed by atoms with Gasteiger partial charge in [-0.1, -0.05) is 45.0 Å².